The standard InChI is InChI=1S/C16H16ClFN2O4S/c17-14-2-1-3-15(18)13(14)11-19-10-12(4-5-16(19)21)25(22,23)20-6-8-24-9-7-20/h1-5,10H,6-9,11H2. The minimum absolute atomic E-state index is 0.0264. The predicted molar refractivity (Wildman–Crippen MR) is 90.8 cm³/mol. The maximum Gasteiger partial charge on any atom is 0.250 e. The van der Waals surface area contributed by atoms with Gasteiger partial charge in [-0.05, 0) is 18.2 Å². The molecule has 0 atom stereocenters. The van der Waals surface area contributed by atoms with E-state index in [1.165, 1.54) is 34.8 Å². The second-order valence-corrected chi connectivity index (χ2v) is 7.89. The van der Waals surface area contributed by atoms with Crippen molar-refractivity contribution >= 4 is 21.6 Å². The minimum Gasteiger partial charge on any atom is -0.379 e. The van der Waals surface area contributed by atoms with Gasteiger partial charge in [-0.25, -0.2) is 12.8 Å². The van der Waals surface area contributed by atoms with Crippen LogP contribution in [-0.2, 0) is 21.3 Å². The summed E-state index contributed by atoms with van der Waals surface area (Å²) >= 11 is 5.99. The molecule has 1 aliphatic heterocycles. The molecular weight excluding hydrogens is 371 g/mol. The summed E-state index contributed by atoms with van der Waals surface area (Å²) < 4.78 is 46.9. The molecule has 1 fully saturated rings. The van der Waals surface area contributed by atoms with E-state index in [-0.39, 0.29) is 35.1 Å². The Balaban J connectivity index is 1.97. The number of benzene rings is 1. The molecule has 0 radical (unpaired) electrons. The highest BCUT2D eigenvalue weighted by atomic mass is 35.5. The summed E-state index contributed by atoms with van der Waals surface area (Å²) in [5.41, 5.74) is -0.313. The van der Waals surface area contributed by atoms with Crippen LogP contribution < -0.4 is 5.56 Å². The molecule has 9 heteroatoms. The number of halogens is 2. The number of hydrogen-bond donors (Lipinski definition) is 0. The molecule has 2 aromatic rings. The smallest absolute Gasteiger partial charge is 0.250 e. The van der Waals surface area contributed by atoms with Crippen LogP contribution in [0.4, 0.5) is 4.39 Å². The van der Waals surface area contributed by atoms with Crippen molar-refractivity contribution in [3.05, 3.63) is 63.3 Å². The van der Waals surface area contributed by atoms with Gasteiger partial charge in [-0.15, -0.1) is 0 Å². The second kappa shape index (κ2) is 7.25. The highest BCUT2D eigenvalue weighted by molar-refractivity contribution is 7.89. The van der Waals surface area contributed by atoms with E-state index in [1.807, 2.05) is 0 Å². The molecule has 1 aromatic carbocycles. The Kier molecular flexibility index (Phi) is 5.24. The van der Waals surface area contributed by atoms with E-state index in [0.717, 1.165) is 10.6 Å². The summed E-state index contributed by atoms with van der Waals surface area (Å²) in [7, 11) is -3.75. The van der Waals surface area contributed by atoms with Crippen molar-refractivity contribution in [3.63, 3.8) is 0 Å². The second-order valence-electron chi connectivity index (χ2n) is 5.55. The van der Waals surface area contributed by atoms with Crippen LogP contribution in [0.25, 0.3) is 0 Å². The van der Waals surface area contributed by atoms with Gasteiger partial charge in [-0.1, -0.05) is 17.7 Å². The molecule has 1 aliphatic rings. The average Bonchev–Trinajstić information content (AvgIpc) is 2.60. The molecule has 6 nitrogen and oxygen atoms in total. The highest BCUT2D eigenvalue weighted by Crippen LogP contribution is 2.21. The maximum atomic E-state index is 14.0. The third-order valence-corrected chi connectivity index (χ3v) is 6.19. The van der Waals surface area contributed by atoms with Crippen LogP contribution in [-0.4, -0.2) is 43.6 Å². The third kappa shape index (κ3) is 3.77. The lowest BCUT2D eigenvalue weighted by molar-refractivity contribution is 0.0730. The van der Waals surface area contributed by atoms with Crippen molar-refractivity contribution < 1.29 is 17.5 Å². The van der Waals surface area contributed by atoms with Crippen LogP contribution in [0.2, 0.25) is 5.02 Å². The summed E-state index contributed by atoms with van der Waals surface area (Å²) in [5.74, 6) is -0.555. The Hall–Kier alpha value is -1.74. The van der Waals surface area contributed by atoms with Crippen LogP contribution >= 0.6 is 11.6 Å². The van der Waals surface area contributed by atoms with Crippen LogP contribution in [0, 0.1) is 5.82 Å². The third-order valence-electron chi connectivity index (χ3n) is 3.95. The van der Waals surface area contributed by atoms with Gasteiger partial charge in [0.2, 0.25) is 10.0 Å². The Bertz CT molecular complexity index is 919. The number of rotatable bonds is 4. The largest absolute Gasteiger partial charge is 0.379 e. The van der Waals surface area contributed by atoms with Crippen molar-refractivity contribution in [1.82, 2.24) is 8.87 Å². The van der Waals surface area contributed by atoms with Gasteiger partial charge in [0, 0.05) is 35.9 Å². The molecule has 0 aliphatic carbocycles. The zero-order chi connectivity index (χ0) is 18.0. The Morgan fingerprint density at radius 1 is 1.16 bits per heavy atom. The fourth-order valence-electron chi connectivity index (χ4n) is 2.58. The summed E-state index contributed by atoms with van der Waals surface area (Å²) in [6.45, 7) is 0.991. The number of hydrogen-bond acceptors (Lipinski definition) is 4. The molecule has 1 aromatic heterocycles. The lowest BCUT2D eigenvalue weighted by Gasteiger charge is -2.26. The fourth-order valence-corrected chi connectivity index (χ4v) is 4.23. The van der Waals surface area contributed by atoms with E-state index in [4.69, 9.17) is 16.3 Å². The van der Waals surface area contributed by atoms with E-state index in [9.17, 15) is 17.6 Å². The van der Waals surface area contributed by atoms with E-state index in [2.05, 4.69) is 0 Å². The monoisotopic (exact) mass is 386 g/mol. The number of sulfonamides is 1. The average molecular weight is 387 g/mol. The van der Waals surface area contributed by atoms with Gasteiger partial charge in [0.25, 0.3) is 5.56 Å². The summed E-state index contributed by atoms with van der Waals surface area (Å²) in [6.07, 6.45) is 1.22. The van der Waals surface area contributed by atoms with Gasteiger partial charge in [0.05, 0.1) is 24.7 Å². The van der Waals surface area contributed by atoms with Gasteiger partial charge < -0.3 is 9.30 Å². The number of morpholine rings is 1. The van der Waals surface area contributed by atoms with Gasteiger partial charge >= 0.3 is 0 Å². The van der Waals surface area contributed by atoms with Crippen molar-refractivity contribution in [3.8, 4) is 0 Å². The quantitative estimate of drug-likeness (QED) is 0.802. The van der Waals surface area contributed by atoms with Gasteiger partial charge in [-0.3, -0.25) is 4.79 Å². The topological polar surface area (TPSA) is 68.6 Å². The van der Waals surface area contributed by atoms with E-state index < -0.39 is 21.4 Å². The molecule has 134 valence electrons. The minimum atomic E-state index is -3.75. The molecule has 3 rings (SSSR count). The van der Waals surface area contributed by atoms with Crippen LogP contribution in [0.3, 0.4) is 0 Å². The summed E-state index contributed by atoms with van der Waals surface area (Å²) in [5, 5.41) is 0.174. The Morgan fingerprint density at radius 2 is 1.88 bits per heavy atom. The van der Waals surface area contributed by atoms with E-state index >= 15 is 0 Å². The highest BCUT2D eigenvalue weighted by Gasteiger charge is 2.27. The molecule has 25 heavy (non-hydrogen) atoms. The first-order valence-electron chi connectivity index (χ1n) is 7.61. The van der Waals surface area contributed by atoms with Gasteiger partial charge in [-0.2, -0.15) is 4.31 Å². The predicted octanol–water partition coefficient (Wildman–Crippen LogP) is 1.71. The first kappa shape index (κ1) is 18.1. The first-order chi connectivity index (χ1) is 11.9. The van der Waals surface area contributed by atoms with Gasteiger partial charge in [0.1, 0.15) is 5.82 Å². The Morgan fingerprint density at radius 3 is 2.56 bits per heavy atom. The summed E-state index contributed by atoms with van der Waals surface area (Å²) in [4.78, 5) is 12.0. The first-order valence-corrected chi connectivity index (χ1v) is 9.42. The Labute approximate surface area is 149 Å². The van der Waals surface area contributed by atoms with Crippen LogP contribution in [0.15, 0.2) is 46.2 Å². The van der Waals surface area contributed by atoms with Crippen molar-refractivity contribution in [1.29, 1.82) is 0 Å². The van der Waals surface area contributed by atoms with Gasteiger partial charge in [0.15, 0.2) is 0 Å². The van der Waals surface area contributed by atoms with Crippen molar-refractivity contribution in [2.24, 2.45) is 0 Å². The van der Waals surface area contributed by atoms with Crippen LogP contribution in [0.5, 0.6) is 0 Å². The van der Waals surface area contributed by atoms with Crippen molar-refractivity contribution in [2.75, 3.05) is 26.3 Å². The molecule has 0 amide bonds. The molecule has 0 spiro atoms. The molecular formula is C16H16ClFN2O4S. The normalized spacial score (nSPS) is 16.1. The number of nitrogens with zero attached hydrogens (tertiary/aromatic N) is 2. The zero-order valence-corrected chi connectivity index (χ0v) is 14.8. The molecule has 0 bridgehead atoms. The lowest BCUT2D eigenvalue weighted by Crippen LogP contribution is -2.41. The molecule has 0 N–H and O–H groups in total. The van der Waals surface area contributed by atoms with Crippen LogP contribution in [0.1, 0.15) is 5.56 Å². The maximum absolute atomic E-state index is 14.0. The number of pyridine rings is 1. The lowest BCUT2D eigenvalue weighted by atomic mass is 10.2. The van der Waals surface area contributed by atoms with E-state index in [0.29, 0.717) is 13.2 Å². The van der Waals surface area contributed by atoms with Crippen molar-refractivity contribution in [2.45, 2.75) is 11.4 Å². The molecule has 0 saturated carbocycles. The molecule has 2 heterocycles. The molecule has 0 unspecified atom stereocenters. The molecule has 1 saturated heterocycles. The number of ether oxygens (including phenoxy) is 1. The summed E-state index contributed by atoms with van der Waals surface area (Å²) in [6, 6.07) is 6.62. The zero-order valence-electron chi connectivity index (χ0n) is 13.2. The SMILES string of the molecule is O=c1ccc(S(=O)(=O)N2CCOCC2)cn1Cc1c(F)cccc1Cl. The van der Waals surface area contributed by atoms with E-state index in [1.54, 1.807) is 0 Å². The fraction of sp³-hybridized carbons (Fsp3) is 0.312. The number of aromatic nitrogens is 1.